The van der Waals surface area contributed by atoms with Gasteiger partial charge in [0.2, 0.25) is 11.8 Å². The van der Waals surface area contributed by atoms with Gasteiger partial charge in [0.1, 0.15) is 5.82 Å². The maximum absolute atomic E-state index is 14.3. The van der Waals surface area contributed by atoms with Crippen LogP contribution in [0.2, 0.25) is 0 Å². The molecule has 0 unspecified atom stereocenters. The Labute approximate surface area is 245 Å². The second-order valence-electron chi connectivity index (χ2n) is 10.8. The van der Waals surface area contributed by atoms with Gasteiger partial charge in [0.15, 0.2) is 21.2 Å². The van der Waals surface area contributed by atoms with Gasteiger partial charge >= 0.3 is 0 Å². The van der Waals surface area contributed by atoms with Gasteiger partial charge in [-0.2, -0.15) is 0 Å². The molecule has 1 saturated carbocycles. The number of carbonyl (C=O) groups is 4. The molecule has 2 heterocycles. The number of carbonyl (C=O) groups excluding carboxylic acids is 4. The summed E-state index contributed by atoms with van der Waals surface area (Å²) in [5.41, 5.74) is 1.19. The molecule has 2 aromatic rings. The lowest BCUT2D eigenvalue weighted by molar-refractivity contribution is -0.140. The van der Waals surface area contributed by atoms with Gasteiger partial charge in [0, 0.05) is 12.5 Å². The summed E-state index contributed by atoms with van der Waals surface area (Å²) >= 11 is 14.6. The highest BCUT2D eigenvalue weighted by Crippen LogP contribution is 2.66. The number of phenols is 1. The van der Waals surface area contributed by atoms with Crippen molar-refractivity contribution in [2.45, 2.75) is 42.4 Å². The highest BCUT2D eigenvalue weighted by Gasteiger charge is 2.76. The zero-order chi connectivity index (χ0) is 29.4. The minimum Gasteiger partial charge on any atom is -0.504 e. The van der Waals surface area contributed by atoms with Crippen molar-refractivity contribution in [3.8, 4) is 11.5 Å². The predicted molar refractivity (Wildman–Crippen MR) is 148 cm³/mol. The van der Waals surface area contributed by atoms with E-state index in [1.807, 2.05) is 6.08 Å². The average Bonchev–Trinajstić information content (AvgIpc) is 3.28. The number of amides is 4. The van der Waals surface area contributed by atoms with Crippen molar-refractivity contribution in [1.29, 1.82) is 0 Å². The normalized spacial score (nSPS) is 32.6. The summed E-state index contributed by atoms with van der Waals surface area (Å²) in [5, 5.41) is 10.4. The SMILES string of the molecule is CCOc1cc([C@H]2C3=CC[C@@H]4C(=O)N(CC)C(=O)[C@@H]4[C@@H]3C[C@@]3(Cl)C(=O)N(c4ccc(F)cc4)C(=O)[C@@]23Cl)ccc1O. The lowest BCUT2D eigenvalue weighted by atomic mass is 9.56. The summed E-state index contributed by atoms with van der Waals surface area (Å²) in [5.74, 6) is -5.77. The van der Waals surface area contributed by atoms with E-state index in [1.54, 1.807) is 26.0 Å². The predicted octanol–water partition coefficient (Wildman–Crippen LogP) is 4.51. The summed E-state index contributed by atoms with van der Waals surface area (Å²) in [6, 6.07) is 9.39. The number of benzene rings is 2. The van der Waals surface area contributed by atoms with Crippen LogP contribution in [0.3, 0.4) is 0 Å². The van der Waals surface area contributed by atoms with Crippen LogP contribution in [0.4, 0.5) is 10.1 Å². The number of allylic oxidation sites excluding steroid dienone is 2. The van der Waals surface area contributed by atoms with E-state index in [0.717, 1.165) is 17.0 Å². The molecule has 8 nitrogen and oxygen atoms in total. The van der Waals surface area contributed by atoms with E-state index in [4.69, 9.17) is 27.9 Å². The van der Waals surface area contributed by atoms with Crippen molar-refractivity contribution in [2.24, 2.45) is 17.8 Å². The summed E-state index contributed by atoms with van der Waals surface area (Å²) in [7, 11) is 0. The van der Waals surface area contributed by atoms with Crippen LogP contribution in [0.5, 0.6) is 11.5 Å². The minimum atomic E-state index is -2.05. The van der Waals surface area contributed by atoms with Crippen LogP contribution in [0, 0.1) is 23.6 Å². The summed E-state index contributed by atoms with van der Waals surface area (Å²) in [6.45, 7) is 3.94. The lowest BCUT2D eigenvalue weighted by Gasteiger charge is -2.50. The third kappa shape index (κ3) is 3.64. The summed E-state index contributed by atoms with van der Waals surface area (Å²) in [4.78, 5) is 53.2. The molecule has 0 bridgehead atoms. The second kappa shape index (κ2) is 9.56. The maximum Gasteiger partial charge on any atom is 0.258 e. The fourth-order valence-corrected chi connectivity index (χ4v) is 8.07. The van der Waals surface area contributed by atoms with Crippen molar-refractivity contribution in [2.75, 3.05) is 18.1 Å². The Morgan fingerprint density at radius 1 is 1.00 bits per heavy atom. The third-order valence-corrected chi connectivity index (χ3v) is 10.3. The molecule has 2 aromatic carbocycles. The summed E-state index contributed by atoms with van der Waals surface area (Å²) < 4.78 is 19.3. The van der Waals surface area contributed by atoms with Gasteiger partial charge in [0.25, 0.3) is 11.8 Å². The first-order valence-corrected chi connectivity index (χ1v) is 14.3. The van der Waals surface area contributed by atoms with Crippen LogP contribution in [0.15, 0.2) is 54.1 Å². The van der Waals surface area contributed by atoms with Gasteiger partial charge in [-0.25, -0.2) is 9.29 Å². The van der Waals surface area contributed by atoms with Crippen LogP contribution in [0.25, 0.3) is 0 Å². The number of ether oxygens (including phenoxy) is 1. The average molecular weight is 601 g/mol. The van der Waals surface area contributed by atoms with Gasteiger partial charge in [0.05, 0.1) is 24.1 Å². The minimum absolute atomic E-state index is 0.106. The van der Waals surface area contributed by atoms with Crippen molar-refractivity contribution in [3.05, 3.63) is 65.5 Å². The number of fused-ring (bicyclic) bond motifs is 4. The zero-order valence-corrected chi connectivity index (χ0v) is 23.8. The molecule has 2 saturated heterocycles. The van der Waals surface area contributed by atoms with Crippen molar-refractivity contribution in [1.82, 2.24) is 4.90 Å². The van der Waals surface area contributed by atoms with E-state index >= 15 is 0 Å². The van der Waals surface area contributed by atoms with Crippen LogP contribution < -0.4 is 9.64 Å². The number of imide groups is 2. The van der Waals surface area contributed by atoms with E-state index in [2.05, 4.69) is 0 Å². The molecular formula is C30H27Cl2FN2O6. The van der Waals surface area contributed by atoms with Crippen LogP contribution in [-0.2, 0) is 19.2 Å². The molecule has 0 radical (unpaired) electrons. The van der Waals surface area contributed by atoms with Crippen molar-refractivity contribution < 1.29 is 33.4 Å². The Morgan fingerprint density at radius 3 is 2.37 bits per heavy atom. The Morgan fingerprint density at radius 2 is 1.71 bits per heavy atom. The molecule has 1 N–H and O–H groups in total. The molecule has 11 heteroatoms. The first-order chi connectivity index (χ1) is 19.5. The van der Waals surface area contributed by atoms with Crippen LogP contribution >= 0.6 is 23.2 Å². The van der Waals surface area contributed by atoms with E-state index in [-0.39, 0.29) is 55.0 Å². The van der Waals surface area contributed by atoms with Gasteiger partial charge in [-0.3, -0.25) is 24.1 Å². The molecule has 3 fully saturated rings. The van der Waals surface area contributed by atoms with Crippen LogP contribution in [0.1, 0.15) is 38.2 Å². The fourth-order valence-electron chi connectivity index (χ4n) is 7.13. The number of aromatic hydroxyl groups is 1. The number of phenolic OH excluding ortho intramolecular Hbond substituents is 1. The smallest absolute Gasteiger partial charge is 0.258 e. The monoisotopic (exact) mass is 600 g/mol. The number of alkyl halides is 2. The van der Waals surface area contributed by atoms with Gasteiger partial charge in [-0.15, -0.1) is 23.2 Å². The molecule has 6 atom stereocenters. The third-order valence-electron chi connectivity index (χ3n) is 8.92. The van der Waals surface area contributed by atoms with Crippen molar-refractivity contribution in [3.63, 3.8) is 0 Å². The lowest BCUT2D eigenvalue weighted by Crippen LogP contribution is -2.60. The molecule has 6 rings (SSSR count). The largest absolute Gasteiger partial charge is 0.504 e. The highest BCUT2D eigenvalue weighted by atomic mass is 35.5. The Bertz CT molecular complexity index is 1530. The number of likely N-dealkylation sites (tertiary alicyclic amines) is 1. The number of halogens is 3. The Kier molecular flexibility index (Phi) is 6.46. The highest BCUT2D eigenvalue weighted by molar-refractivity contribution is 6.58. The number of rotatable bonds is 5. The van der Waals surface area contributed by atoms with Crippen LogP contribution in [-0.4, -0.2) is 56.5 Å². The van der Waals surface area contributed by atoms with E-state index in [1.165, 1.54) is 23.1 Å². The first-order valence-electron chi connectivity index (χ1n) is 13.5. The number of nitrogens with zero attached hydrogens (tertiary/aromatic N) is 2. The van der Waals surface area contributed by atoms with E-state index in [0.29, 0.717) is 11.1 Å². The quantitative estimate of drug-likeness (QED) is 0.307. The zero-order valence-electron chi connectivity index (χ0n) is 22.3. The summed E-state index contributed by atoms with van der Waals surface area (Å²) in [6.07, 6.45) is 1.94. The maximum atomic E-state index is 14.3. The molecule has 2 aliphatic heterocycles. The topological polar surface area (TPSA) is 104 Å². The number of hydrogen-bond acceptors (Lipinski definition) is 6. The Balaban J connectivity index is 1.57. The molecule has 0 spiro atoms. The van der Waals surface area contributed by atoms with Crippen molar-refractivity contribution >= 4 is 52.5 Å². The molecule has 0 aromatic heterocycles. The van der Waals surface area contributed by atoms with E-state index in [9.17, 15) is 28.7 Å². The molecule has 41 heavy (non-hydrogen) atoms. The van der Waals surface area contributed by atoms with Gasteiger partial charge in [-0.05, 0) is 74.6 Å². The molecule has 4 aliphatic rings. The van der Waals surface area contributed by atoms with E-state index < -0.39 is 51.1 Å². The number of hydrogen-bond donors (Lipinski definition) is 1. The standard InChI is InChI=1S/C30H27Cl2FN2O6/c1-3-34-25(37)19-11-10-18-20(23(19)26(34)38)14-29(31)27(39)35(17-8-6-16(33)7-9-17)28(40)30(29,32)24(18)15-5-12-21(36)22(13-15)41-4-2/h5-10,12-13,19-20,23-24,36H,3-4,11,14H2,1-2H3/t19-,20+,23-,24-,29+,30-/m0/s1. The first kappa shape index (κ1) is 27.7. The fraction of sp³-hybridized carbons (Fsp3) is 0.400. The molecular weight excluding hydrogens is 574 g/mol. The van der Waals surface area contributed by atoms with Gasteiger partial charge < -0.3 is 9.84 Å². The second-order valence-corrected chi connectivity index (χ2v) is 12.1. The van der Waals surface area contributed by atoms with Gasteiger partial charge in [-0.1, -0.05) is 17.7 Å². The molecule has 4 amide bonds. The number of anilines is 1. The molecule has 2 aliphatic carbocycles. The molecule has 214 valence electrons. The Hall–Kier alpha value is -3.43.